The van der Waals surface area contributed by atoms with Gasteiger partial charge in [-0.3, -0.25) is 4.90 Å². The number of carbonyl (C=O) groups excluding carboxylic acids is 1. The summed E-state index contributed by atoms with van der Waals surface area (Å²) in [5, 5.41) is 17.9. The number of hydrogen-bond donors (Lipinski definition) is 3. The zero-order valence-corrected chi connectivity index (χ0v) is 13.7. The van der Waals surface area contributed by atoms with Gasteiger partial charge in [0.15, 0.2) is 0 Å². The van der Waals surface area contributed by atoms with Crippen molar-refractivity contribution in [3.05, 3.63) is 22.4 Å². The van der Waals surface area contributed by atoms with E-state index in [0.29, 0.717) is 13.1 Å². The number of thiophene rings is 1. The van der Waals surface area contributed by atoms with Crippen molar-refractivity contribution in [3.8, 4) is 0 Å². The van der Waals surface area contributed by atoms with Gasteiger partial charge in [-0.05, 0) is 56.6 Å². The molecule has 3 rings (SSSR count). The summed E-state index contributed by atoms with van der Waals surface area (Å²) in [5.41, 5.74) is -0.667. The highest BCUT2D eigenvalue weighted by Crippen LogP contribution is 2.30. The fraction of sp³-hybridized carbons (Fsp3) is 0.688. The van der Waals surface area contributed by atoms with Crippen molar-refractivity contribution in [1.29, 1.82) is 0 Å². The normalized spacial score (nSPS) is 22.0. The minimum atomic E-state index is -0.667. The van der Waals surface area contributed by atoms with Crippen molar-refractivity contribution in [2.45, 2.75) is 43.7 Å². The first-order chi connectivity index (χ1) is 10.7. The van der Waals surface area contributed by atoms with Crippen LogP contribution in [0, 0.1) is 0 Å². The van der Waals surface area contributed by atoms with Gasteiger partial charge >= 0.3 is 6.03 Å². The van der Waals surface area contributed by atoms with Gasteiger partial charge in [0.1, 0.15) is 0 Å². The molecule has 1 atom stereocenters. The van der Waals surface area contributed by atoms with E-state index in [4.69, 9.17) is 0 Å². The van der Waals surface area contributed by atoms with Crippen LogP contribution in [0.1, 0.15) is 43.0 Å². The number of nitrogens with one attached hydrogen (secondary N) is 2. The van der Waals surface area contributed by atoms with Crippen molar-refractivity contribution in [2.75, 3.05) is 26.2 Å². The van der Waals surface area contributed by atoms with Crippen LogP contribution in [-0.2, 0) is 0 Å². The van der Waals surface area contributed by atoms with E-state index in [1.807, 2.05) is 0 Å². The van der Waals surface area contributed by atoms with Crippen molar-refractivity contribution in [3.63, 3.8) is 0 Å². The van der Waals surface area contributed by atoms with Crippen LogP contribution in [0.4, 0.5) is 4.79 Å². The molecule has 1 aliphatic carbocycles. The fourth-order valence-corrected chi connectivity index (χ4v) is 4.06. The number of nitrogens with zero attached hydrogens (tertiary/aromatic N) is 1. The average molecular weight is 323 g/mol. The molecule has 2 heterocycles. The molecule has 0 radical (unpaired) electrons. The van der Waals surface area contributed by atoms with E-state index in [9.17, 15) is 9.90 Å². The van der Waals surface area contributed by atoms with E-state index in [1.165, 1.54) is 17.7 Å². The Hall–Kier alpha value is -1.11. The largest absolute Gasteiger partial charge is 0.388 e. The molecule has 22 heavy (non-hydrogen) atoms. The van der Waals surface area contributed by atoms with E-state index in [1.54, 1.807) is 11.3 Å². The first kappa shape index (κ1) is 15.8. The van der Waals surface area contributed by atoms with Crippen LogP contribution >= 0.6 is 11.3 Å². The second kappa shape index (κ2) is 6.98. The van der Waals surface area contributed by atoms with Crippen LogP contribution in [0.15, 0.2) is 17.5 Å². The fourth-order valence-electron chi connectivity index (χ4n) is 3.20. The first-order valence-electron chi connectivity index (χ1n) is 8.18. The number of likely N-dealkylation sites (tertiary alicyclic amines) is 1. The Bertz CT molecular complexity index is 482. The van der Waals surface area contributed by atoms with Crippen molar-refractivity contribution >= 4 is 17.4 Å². The van der Waals surface area contributed by atoms with Crippen LogP contribution in [0.5, 0.6) is 0 Å². The Morgan fingerprint density at radius 2 is 2.09 bits per heavy atom. The topological polar surface area (TPSA) is 64.6 Å². The maximum absolute atomic E-state index is 12.0. The Morgan fingerprint density at radius 1 is 1.32 bits per heavy atom. The zero-order valence-electron chi connectivity index (χ0n) is 12.9. The molecule has 2 amide bonds. The lowest BCUT2D eigenvalue weighted by Crippen LogP contribution is -2.50. The van der Waals surface area contributed by atoms with Crippen LogP contribution in [0.2, 0.25) is 0 Å². The van der Waals surface area contributed by atoms with Gasteiger partial charge in [-0.2, -0.15) is 0 Å². The number of hydrogen-bond acceptors (Lipinski definition) is 4. The van der Waals surface area contributed by atoms with Gasteiger partial charge in [0.25, 0.3) is 0 Å². The van der Waals surface area contributed by atoms with Crippen molar-refractivity contribution in [1.82, 2.24) is 15.5 Å². The van der Waals surface area contributed by atoms with Gasteiger partial charge in [0.2, 0.25) is 0 Å². The van der Waals surface area contributed by atoms with E-state index >= 15 is 0 Å². The Morgan fingerprint density at radius 3 is 2.68 bits per heavy atom. The van der Waals surface area contributed by atoms with E-state index in [0.717, 1.165) is 32.4 Å². The van der Waals surface area contributed by atoms with Crippen LogP contribution in [0.25, 0.3) is 0 Å². The lowest BCUT2D eigenvalue weighted by atomic mass is 9.80. The summed E-state index contributed by atoms with van der Waals surface area (Å²) in [7, 11) is 0. The molecule has 1 aromatic heterocycles. The Balaban J connectivity index is 1.49. The molecule has 5 nitrogen and oxygen atoms in total. The molecule has 122 valence electrons. The van der Waals surface area contributed by atoms with Crippen molar-refractivity contribution in [2.24, 2.45) is 0 Å². The van der Waals surface area contributed by atoms with E-state index in [2.05, 4.69) is 33.0 Å². The summed E-state index contributed by atoms with van der Waals surface area (Å²) in [6, 6.07) is 4.29. The molecule has 6 heteroatoms. The highest BCUT2D eigenvalue weighted by Gasteiger charge is 2.34. The van der Waals surface area contributed by atoms with Crippen LogP contribution < -0.4 is 10.6 Å². The molecular formula is C16H25N3O2S. The monoisotopic (exact) mass is 323 g/mol. The van der Waals surface area contributed by atoms with Gasteiger partial charge < -0.3 is 15.7 Å². The van der Waals surface area contributed by atoms with E-state index in [-0.39, 0.29) is 12.1 Å². The first-order valence-corrected chi connectivity index (χ1v) is 9.06. The number of carbonyl (C=O) groups is 1. The van der Waals surface area contributed by atoms with Crippen molar-refractivity contribution < 1.29 is 9.90 Å². The molecule has 1 aliphatic heterocycles. The number of amides is 2. The maximum Gasteiger partial charge on any atom is 0.314 e. The minimum absolute atomic E-state index is 0.180. The van der Waals surface area contributed by atoms with Gasteiger partial charge in [-0.1, -0.05) is 6.07 Å². The smallest absolute Gasteiger partial charge is 0.314 e. The third kappa shape index (κ3) is 3.80. The van der Waals surface area contributed by atoms with Gasteiger partial charge in [-0.15, -0.1) is 11.3 Å². The highest BCUT2D eigenvalue weighted by atomic mass is 32.1. The molecule has 1 saturated heterocycles. The highest BCUT2D eigenvalue weighted by molar-refractivity contribution is 7.10. The maximum atomic E-state index is 12.0. The molecular weight excluding hydrogens is 298 g/mol. The molecule has 1 unspecified atom stereocenters. The number of rotatable bonds is 6. The number of aliphatic hydroxyl groups is 1. The van der Waals surface area contributed by atoms with E-state index < -0.39 is 5.60 Å². The summed E-state index contributed by atoms with van der Waals surface area (Å²) < 4.78 is 0. The predicted molar refractivity (Wildman–Crippen MR) is 88.1 cm³/mol. The lowest BCUT2D eigenvalue weighted by molar-refractivity contribution is -0.0290. The van der Waals surface area contributed by atoms with Gasteiger partial charge in [0, 0.05) is 18.0 Å². The summed E-state index contributed by atoms with van der Waals surface area (Å²) in [5.74, 6) is 0. The van der Waals surface area contributed by atoms with Gasteiger partial charge in [-0.25, -0.2) is 4.79 Å². The molecule has 2 aliphatic rings. The second-order valence-corrected chi connectivity index (χ2v) is 7.40. The second-order valence-electron chi connectivity index (χ2n) is 6.42. The quantitative estimate of drug-likeness (QED) is 0.751. The van der Waals surface area contributed by atoms with Crippen LogP contribution in [0.3, 0.4) is 0 Å². The third-order valence-corrected chi connectivity index (χ3v) is 5.74. The molecule has 0 spiro atoms. The summed E-state index contributed by atoms with van der Waals surface area (Å²) >= 11 is 1.75. The lowest BCUT2D eigenvalue weighted by Gasteiger charge is -2.36. The third-order valence-electron chi connectivity index (χ3n) is 4.77. The molecule has 1 saturated carbocycles. The van der Waals surface area contributed by atoms with Gasteiger partial charge in [0.05, 0.1) is 11.6 Å². The zero-order chi connectivity index (χ0) is 15.4. The average Bonchev–Trinajstić information content (AvgIpc) is 3.17. The molecule has 0 bridgehead atoms. The standard InChI is InChI=1S/C16H25N3O2S/c20-15(18-12-16(21)6-4-7-16)17-11-13(14-5-3-10-22-14)19-8-1-2-9-19/h3,5,10,13,21H,1-2,4,6-9,11-12H2,(H2,17,18,20). The summed E-state index contributed by atoms with van der Waals surface area (Å²) in [6.45, 7) is 3.17. The van der Waals surface area contributed by atoms with Crippen LogP contribution in [-0.4, -0.2) is 47.8 Å². The predicted octanol–water partition coefficient (Wildman–Crippen LogP) is 2.10. The summed E-state index contributed by atoms with van der Waals surface area (Å²) in [4.78, 5) is 15.7. The Kier molecular flexibility index (Phi) is 5.00. The molecule has 0 aromatic carbocycles. The SMILES string of the molecule is O=C(NCC(c1cccs1)N1CCCC1)NCC1(O)CCC1. The molecule has 1 aromatic rings. The summed E-state index contributed by atoms with van der Waals surface area (Å²) in [6.07, 6.45) is 5.11. The number of urea groups is 1. The molecule has 3 N–H and O–H groups in total. The molecule has 2 fully saturated rings. The minimum Gasteiger partial charge on any atom is -0.388 e. The Labute approximate surface area is 135 Å².